The van der Waals surface area contributed by atoms with Crippen molar-refractivity contribution in [3.05, 3.63) is 18.1 Å². The van der Waals surface area contributed by atoms with Crippen LogP contribution >= 0.6 is 0 Å². The van der Waals surface area contributed by atoms with Crippen LogP contribution in [-0.4, -0.2) is 43.3 Å². The fraction of sp³-hybridized carbons (Fsp3) is 0.733. The fourth-order valence-corrected chi connectivity index (χ4v) is 1.91. The third-order valence-electron chi connectivity index (χ3n) is 3.42. The molecule has 0 amide bonds. The molecule has 112 valence electrons. The van der Waals surface area contributed by atoms with Gasteiger partial charge in [0.25, 0.3) is 0 Å². The van der Waals surface area contributed by atoms with Crippen LogP contribution in [0.5, 0.6) is 0 Å². The largest absolute Gasteiger partial charge is 0.379 e. The molecule has 0 spiro atoms. The number of ether oxygens (including phenoxy) is 1. The molecule has 20 heavy (non-hydrogen) atoms. The summed E-state index contributed by atoms with van der Waals surface area (Å²) >= 11 is 0. The average molecular weight is 278 g/mol. The van der Waals surface area contributed by atoms with Gasteiger partial charge in [0.05, 0.1) is 18.5 Å². The van der Waals surface area contributed by atoms with E-state index in [4.69, 9.17) is 4.74 Å². The molecule has 5 nitrogen and oxygen atoms in total. The third-order valence-corrected chi connectivity index (χ3v) is 3.42. The summed E-state index contributed by atoms with van der Waals surface area (Å²) in [4.78, 5) is 11.0. The van der Waals surface area contributed by atoms with Gasteiger partial charge < -0.3 is 15.0 Å². The van der Waals surface area contributed by atoms with Gasteiger partial charge in [0.15, 0.2) is 0 Å². The Morgan fingerprint density at radius 2 is 2.25 bits per heavy atom. The van der Waals surface area contributed by atoms with E-state index in [1.54, 1.807) is 0 Å². The van der Waals surface area contributed by atoms with E-state index >= 15 is 0 Å². The van der Waals surface area contributed by atoms with E-state index in [0.717, 1.165) is 56.7 Å². The van der Waals surface area contributed by atoms with E-state index in [1.165, 1.54) is 12.8 Å². The number of hydrogen-bond donors (Lipinski definition) is 1. The molecule has 0 saturated heterocycles. The molecule has 5 heteroatoms. The Labute approximate surface area is 121 Å². The maximum Gasteiger partial charge on any atom is 0.147 e. The Bertz CT molecular complexity index is 395. The van der Waals surface area contributed by atoms with Crippen molar-refractivity contribution in [1.82, 2.24) is 15.3 Å². The Balaban J connectivity index is 1.72. The Morgan fingerprint density at radius 3 is 3.00 bits per heavy atom. The first-order valence-corrected chi connectivity index (χ1v) is 7.60. The molecule has 1 aromatic rings. The van der Waals surface area contributed by atoms with Crippen LogP contribution in [0.2, 0.25) is 0 Å². The molecule has 1 N–H and O–H groups in total. The molecule has 1 aliphatic carbocycles. The third kappa shape index (κ3) is 5.43. The summed E-state index contributed by atoms with van der Waals surface area (Å²) in [5, 5.41) is 3.34. The zero-order valence-corrected chi connectivity index (χ0v) is 12.6. The second-order valence-corrected chi connectivity index (χ2v) is 5.49. The predicted molar refractivity (Wildman–Crippen MR) is 80.8 cm³/mol. The van der Waals surface area contributed by atoms with Gasteiger partial charge in [-0.3, -0.25) is 4.98 Å². The van der Waals surface area contributed by atoms with Crippen LogP contribution in [0, 0.1) is 5.92 Å². The first-order valence-electron chi connectivity index (χ1n) is 7.60. The van der Waals surface area contributed by atoms with Crippen molar-refractivity contribution in [3.63, 3.8) is 0 Å². The quantitative estimate of drug-likeness (QED) is 0.662. The minimum atomic E-state index is 0.757. The molecule has 1 heterocycles. The lowest BCUT2D eigenvalue weighted by Crippen LogP contribution is -2.25. The highest BCUT2D eigenvalue weighted by Gasteiger charge is 2.21. The maximum atomic E-state index is 5.66. The normalized spacial score (nSPS) is 14.5. The van der Waals surface area contributed by atoms with Crippen molar-refractivity contribution in [2.24, 2.45) is 5.92 Å². The Morgan fingerprint density at radius 1 is 1.40 bits per heavy atom. The number of aromatic nitrogens is 2. The second kappa shape index (κ2) is 8.17. The molecule has 1 saturated carbocycles. The summed E-state index contributed by atoms with van der Waals surface area (Å²) in [6.07, 6.45) is 7.45. The highest BCUT2D eigenvalue weighted by atomic mass is 16.5. The minimum absolute atomic E-state index is 0.757. The van der Waals surface area contributed by atoms with E-state index in [9.17, 15) is 0 Å². The van der Waals surface area contributed by atoms with Gasteiger partial charge in [0.2, 0.25) is 0 Å². The summed E-state index contributed by atoms with van der Waals surface area (Å²) in [5.41, 5.74) is 0.988. The summed E-state index contributed by atoms with van der Waals surface area (Å²) in [7, 11) is 2.04. The predicted octanol–water partition coefficient (Wildman–Crippen LogP) is 1.84. The number of likely N-dealkylation sites (N-methyl/N-ethyl adjacent to an activating group) is 1. The van der Waals surface area contributed by atoms with Gasteiger partial charge in [0, 0.05) is 32.9 Å². The summed E-state index contributed by atoms with van der Waals surface area (Å²) in [6.45, 7) is 6.47. The van der Waals surface area contributed by atoms with Crippen LogP contribution < -0.4 is 10.2 Å². The summed E-state index contributed by atoms with van der Waals surface area (Å²) < 4.78 is 5.66. The minimum Gasteiger partial charge on any atom is -0.379 e. The highest BCUT2D eigenvalue weighted by Crippen LogP contribution is 2.28. The lowest BCUT2D eigenvalue weighted by Gasteiger charge is -2.18. The van der Waals surface area contributed by atoms with Gasteiger partial charge in [-0.1, -0.05) is 6.92 Å². The molecule has 1 aromatic heterocycles. The van der Waals surface area contributed by atoms with Crippen LogP contribution in [0.25, 0.3) is 0 Å². The van der Waals surface area contributed by atoms with Crippen molar-refractivity contribution >= 4 is 5.82 Å². The zero-order valence-electron chi connectivity index (χ0n) is 12.6. The van der Waals surface area contributed by atoms with E-state index in [2.05, 4.69) is 27.1 Å². The lowest BCUT2D eigenvalue weighted by molar-refractivity contribution is 0.130. The van der Waals surface area contributed by atoms with Gasteiger partial charge in [-0.15, -0.1) is 0 Å². The molecular weight excluding hydrogens is 252 g/mol. The van der Waals surface area contributed by atoms with Crippen molar-refractivity contribution in [2.75, 3.05) is 38.3 Å². The highest BCUT2D eigenvalue weighted by molar-refractivity contribution is 5.34. The zero-order chi connectivity index (χ0) is 14.2. The van der Waals surface area contributed by atoms with Gasteiger partial charge in [-0.2, -0.15) is 0 Å². The Kier molecular flexibility index (Phi) is 6.21. The number of nitrogens with zero attached hydrogens (tertiary/aromatic N) is 3. The number of nitrogens with one attached hydrogen (secondary N) is 1. The van der Waals surface area contributed by atoms with Crippen molar-refractivity contribution in [1.29, 1.82) is 0 Å². The lowest BCUT2D eigenvalue weighted by atomic mass is 10.4. The van der Waals surface area contributed by atoms with Crippen molar-refractivity contribution in [3.8, 4) is 0 Å². The van der Waals surface area contributed by atoms with E-state index in [0.29, 0.717) is 0 Å². The Hall–Kier alpha value is -1.20. The molecule has 0 bridgehead atoms. The number of rotatable bonds is 10. The van der Waals surface area contributed by atoms with Crippen LogP contribution in [-0.2, 0) is 11.3 Å². The summed E-state index contributed by atoms with van der Waals surface area (Å²) in [5.74, 6) is 1.74. The van der Waals surface area contributed by atoms with Gasteiger partial charge in [-0.05, 0) is 31.7 Å². The van der Waals surface area contributed by atoms with Gasteiger partial charge >= 0.3 is 0 Å². The smallest absolute Gasteiger partial charge is 0.147 e. The molecular formula is C15H26N4O. The second-order valence-electron chi connectivity index (χ2n) is 5.49. The van der Waals surface area contributed by atoms with Gasteiger partial charge in [-0.25, -0.2) is 4.98 Å². The average Bonchev–Trinajstić information content (AvgIpc) is 3.28. The van der Waals surface area contributed by atoms with Crippen LogP contribution in [0.4, 0.5) is 5.82 Å². The summed E-state index contributed by atoms with van der Waals surface area (Å²) in [6, 6.07) is 0. The topological polar surface area (TPSA) is 50.3 Å². The first-order chi connectivity index (χ1) is 9.79. The molecule has 0 radical (unpaired) electrons. The van der Waals surface area contributed by atoms with Gasteiger partial charge in [0.1, 0.15) is 5.82 Å². The molecule has 1 fully saturated rings. The van der Waals surface area contributed by atoms with Crippen molar-refractivity contribution < 1.29 is 4.74 Å². The molecule has 1 aliphatic rings. The molecule has 0 atom stereocenters. The first kappa shape index (κ1) is 15.2. The maximum absolute atomic E-state index is 5.66. The molecule has 0 aliphatic heterocycles. The van der Waals surface area contributed by atoms with Crippen LogP contribution in [0.3, 0.4) is 0 Å². The fourth-order valence-electron chi connectivity index (χ4n) is 1.91. The van der Waals surface area contributed by atoms with E-state index in [-0.39, 0.29) is 0 Å². The van der Waals surface area contributed by atoms with Crippen molar-refractivity contribution in [2.45, 2.75) is 32.7 Å². The number of anilines is 1. The van der Waals surface area contributed by atoms with E-state index < -0.39 is 0 Å². The monoisotopic (exact) mass is 278 g/mol. The number of hydrogen-bond acceptors (Lipinski definition) is 5. The van der Waals surface area contributed by atoms with Crippen LogP contribution in [0.15, 0.2) is 12.4 Å². The van der Waals surface area contributed by atoms with E-state index in [1.807, 2.05) is 19.4 Å². The standard InChI is InChI=1S/C15H26N4O/c1-3-6-16-9-14-10-17-11-15(18-14)19(2)7-8-20-12-13-4-5-13/h10-11,13,16H,3-9,12H2,1-2H3. The SMILES string of the molecule is CCCNCc1cncc(N(C)CCOCC2CC2)n1. The molecule has 0 unspecified atom stereocenters. The molecule has 2 rings (SSSR count). The molecule has 0 aromatic carbocycles. The van der Waals surface area contributed by atoms with Crippen LogP contribution in [0.1, 0.15) is 31.9 Å².